The van der Waals surface area contributed by atoms with Crippen molar-refractivity contribution < 1.29 is 4.74 Å². The van der Waals surface area contributed by atoms with E-state index in [1.807, 2.05) is 0 Å². The minimum Gasteiger partial charge on any atom is -0.381 e. The van der Waals surface area contributed by atoms with E-state index in [0.717, 1.165) is 25.7 Å². The molecule has 0 aliphatic carbocycles. The summed E-state index contributed by atoms with van der Waals surface area (Å²) in [7, 11) is 0. The third-order valence-electron chi connectivity index (χ3n) is 4.22. The molecule has 2 saturated heterocycles. The molecule has 0 amide bonds. The van der Waals surface area contributed by atoms with Gasteiger partial charge in [0.15, 0.2) is 0 Å². The van der Waals surface area contributed by atoms with Crippen LogP contribution in [-0.4, -0.2) is 49.3 Å². The number of hydrogen-bond donors (Lipinski definition) is 1. The van der Waals surface area contributed by atoms with Gasteiger partial charge in [0.1, 0.15) is 0 Å². The Balaban J connectivity index is 1.91. The highest BCUT2D eigenvalue weighted by molar-refractivity contribution is 4.88. The fourth-order valence-electron chi connectivity index (χ4n) is 3.03. The highest BCUT2D eigenvalue weighted by Crippen LogP contribution is 2.21. The first-order chi connectivity index (χ1) is 8.07. The molecule has 0 aromatic rings. The lowest BCUT2D eigenvalue weighted by Crippen LogP contribution is -2.49. The van der Waals surface area contributed by atoms with Crippen molar-refractivity contribution in [2.24, 2.45) is 5.92 Å². The van der Waals surface area contributed by atoms with Crippen molar-refractivity contribution in [2.45, 2.75) is 51.6 Å². The average Bonchev–Trinajstić information content (AvgIpc) is 2.40. The van der Waals surface area contributed by atoms with Gasteiger partial charge in [0, 0.05) is 37.9 Å². The van der Waals surface area contributed by atoms with E-state index in [1.54, 1.807) is 0 Å². The molecular formula is C14H28N2O. The van der Waals surface area contributed by atoms with E-state index in [4.69, 9.17) is 4.74 Å². The van der Waals surface area contributed by atoms with E-state index in [0.29, 0.717) is 6.04 Å². The van der Waals surface area contributed by atoms with E-state index >= 15 is 0 Å². The Morgan fingerprint density at radius 3 is 2.65 bits per heavy atom. The van der Waals surface area contributed by atoms with Gasteiger partial charge in [-0.05, 0) is 52.5 Å². The third kappa shape index (κ3) is 3.94. The molecule has 2 aliphatic rings. The van der Waals surface area contributed by atoms with Gasteiger partial charge in [-0.1, -0.05) is 0 Å². The quantitative estimate of drug-likeness (QED) is 0.797. The molecule has 0 bridgehead atoms. The van der Waals surface area contributed by atoms with Crippen LogP contribution in [0, 0.1) is 5.92 Å². The molecule has 100 valence electrons. The lowest BCUT2D eigenvalue weighted by atomic mass is 9.97. The number of ether oxygens (including phenoxy) is 1. The first-order valence-electron chi connectivity index (χ1n) is 7.14. The molecule has 1 unspecified atom stereocenters. The van der Waals surface area contributed by atoms with Crippen LogP contribution >= 0.6 is 0 Å². The first kappa shape index (κ1) is 13.3. The predicted molar refractivity (Wildman–Crippen MR) is 71.3 cm³/mol. The standard InChI is InChI=1S/C14H28N2O/c1-12-4-7-15-14(2,3)11-16(12)10-13-5-8-17-9-6-13/h12-13,15H,4-11H2,1-3H3. The second kappa shape index (κ2) is 5.68. The van der Waals surface area contributed by atoms with E-state index < -0.39 is 0 Å². The molecule has 1 N–H and O–H groups in total. The first-order valence-corrected chi connectivity index (χ1v) is 7.14. The Labute approximate surface area is 106 Å². The van der Waals surface area contributed by atoms with Crippen LogP contribution in [0.25, 0.3) is 0 Å². The summed E-state index contributed by atoms with van der Waals surface area (Å²) in [4.78, 5) is 2.69. The van der Waals surface area contributed by atoms with Crippen LogP contribution in [0.1, 0.15) is 40.0 Å². The summed E-state index contributed by atoms with van der Waals surface area (Å²) >= 11 is 0. The molecule has 3 heteroatoms. The van der Waals surface area contributed by atoms with Gasteiger partial charge >= 0.3 is 0 Å². The zero-order chi connectivity index (χ0) is 12.3. The van der Waals surface area contributed by atoms with E-state index in [9.17, 15) is 0 Å². The maximum atomic E-state index is 5.45. The van der Waals surface area contributed by atoms with Gasteiger partial charge in [0.25, 0.3) is 0 Å². The van der Waals surface area contributed by atoms with E-state index in [-0.39, 0.29) is 5.54 Å². The minimum atomic E-state index is 0.260. The summed E-state index contributed by atoms with van der Waals surface area (Å²) in [5, 5.41) is 3.65. The van der Waals surface area contributed by atoms with Crippen molar-refractivity contribution in [3.63, 3.8) is 0 Å². The second-order valence-electron chi connectivity index (χ2n) is 6.43. The molecule has 0 aromatic heterocycles. The zero-order valence-electron chi connectivity index (χ0n) is 11.7. The fraction of sp³-hybridized carbons (Fsp3) is 1.00. The van der Waals surface area contributed by atoms with E-state index in [2.05, 4.69) is 31.0 Å². The largest absolute Gasteiger partial charge is 0.381 e. The van der Waals surface area contributed by atoms with Gasteiger partial charge < -0.3 is 10.1 Å². The van der Waals surface area contributed by atoms with Crippen molar-refractivity contribution in [3.05, 3.63) is 0 Å². The maximum Gasteiger partial charge on any atom is 0.0469 e. The van der Waals surface area contributed by atoms with Gasteiger partial charge in [-0.25, -0.2) is 0 Å². The van der Waals surface area contributed by atoms with Crippen molar-refractivity contribution in [2.75, 3.05) is 32.8 Å². The Morgan fingerprint density at radius 2 is 1.94 bits per heavy atom. The van der Waals surface area contributed by atoms with Gasteiger partial charge in [-0.2, -0.15) is 0 Å². The van der Waals surface area contributed by atoms with Crippen molar-refractivity contribution >= 4 is 0 Å². The van der Waals surface area contributed by atoms with Crippen LogP contribution < -0.4 is 5.32 Å². The average molecular weight is 240 g/mol. The molecule has 2 heterocycles. The summed E-state index contributed by atoms with van der Waals surface area (Å²) < 4.78 is 5.45. The number of nitrogens with zero attached hydrogens (tertiary/aromatic N) is 1. The van der Waals surface area contributed by atoms with Crippen LogP contribution in [0.3, 0.4) is 0 Å². The van der Waals surface area contributed by atoms with Crippen LogP contribution in [0.15, 0.2) is 0 Å². The molecule has 0 radical (unpaired) electrons. The van der Waals surface area contributed by atoms with Gasteiger partial charge in [-0.15, -0.1) is 0 Å². The monoisotopic (exact) mass is 240 g/mol. The molecule has 0 saturated carbocycles. The summed E-state index contributed by atoms with van der Waals surface area (Å²) in [5.41, 5.74) is 0.260. The second-order valence-corrected chi connectivity index (χ2v) is 6.43. The Hall–Kier alpha value is -0.120. The minimum absolute atomic E-state index is 0.260. The molecule has 0 aromatic carbocycles. The summed E-state index contributed by atoms with van der Waals surface area (Å²) in [6, 6.07) is 0.715. The van der Waals surface area contributed by atoms with Crippen LogP contribution in [0.4, 0.5) is 0 Å². The SMILES string of the molecule is CC1CCNC(C)(C)CN1CC1CCOCC1. The highest BCUT2D eigenvalue weighted by atomic mass is 16.5. The smallest absolute Gasteiger partial charge is 0.0469 e. The van der Waals surface area contributed by atoms with Crippen molar-refractivity contribution in [3.8, 4) is 0 Å². The van der Waals surface area contributed by atoms with Gasteiger partial charge in [0.2, 0.25) is 0 Å². The summed E-state index contributed by atoms with van der Waals surface area (Å²) in [5.74, 6) is 0.847. The fourth-order valence-corrected chi connectivity index (χ4v) is 3.03. The van der Waals surface area contributed by atoms with Gasteiger partial charge in [-0.3, -0.25) is 4.90 Å². The molecule has 2 rings (SSSR count). The third-order valence-corrected chi connectivity index (χ3v) is 4.22. The topological polar surface area (TPSA) is 24.5 Å². The molecule has 17 heavy (non-hydrogen) atoms. The lowest BCUT2D eigenvalue weighted by molar-refractivity contribution is 0.0440. The Morgan fingerprint density at radius 1 is 1.24 bits per heavy atom. The molecule has 2 aliphatic heterocycles. The molecular weight excluding hydrogens is 212 g/mol. The normalized spacial score (nSPS) is 32.3. The maximum absolute atomic E-state index is 5.45. The number of rotatable bonds is 2. The van der Waals surface area contributed by atoms with Gasteiger partial charge in [0.05, 0.1) is 0 Å². The number of nitrogens with one attached hydrogen (secondary N) is 1. The Bertz CT molecular complexity index is 236. The molecule has 3 nitrogen and oxygen atoms in total. The predicted octanol–water partition coefficient (Wildman–Crippen LogP) is 1.88. The highest BCUT2D eigenvalue weighted by Gasteiger charge is 2.29. The van der Waals surface area contributed by atoms with Crippen molar-refractivity contribution in [1.29, 1.82) is 0 Å². The zero-order valence-corrected chi connectivity index (χ0v) is 11.7. The van der Waals surface area contributed by atoms with Crippen molar-refractivity contribution in [1.82, 2.24) is 10.2 Å². The van der Waals surface area contributed by atoms with E-state index in [1.165, 1.54) is 32.4 Å². The van der Waals surface area contributed by atoms with Crippen LogP contribution in [0.2, 0.25) is 0 Å². The lowest BCUT2D eigenvalue weighted by Gasteiger charge is -2.36. The molecule has 2 fully saturated rings. The van der Waals surface area contributed by atoms with Crippen LogP contribution in [-0.2, 0) is 4.74 Å². The summed E-state index contributed by atoms with van der Waals surface area (Å²) in [6.07, 6.45) is 3.76. The number of hydrogen-bond acceptors (Lipinski definition) is 3. The Kier molecular flexibility index (Phi) is 4.45. The molecule has 0 spiro atoms. The molecule has 1 atom stereocenters. The summed E-state index contributed by atoms with van der Waals surface area (Å²) in [6.45, 7) is 12.5. The van der Waals surface area contributed by atoms with Crippen LogP contribution in [0.5, 0.6) is 0 Å².